The average molecular weight is 332 g/mol. The van der Waals surface area contributed by atoms with Gasteiger partial charge in [-0.2, -0.15) is 5.26 Å². The minimum absolute atomic E-state index is 0.0665. The van der Waals surface area contributed by atoms with E-state index in [-0.39, 0.29) is 18.0 Å². The summed E-state index contributed by atoms with van der Waals surface area (Å²) in [6.07, 6.45) is 17.2. The zero-order chi connectivity index (χ0) is 17.2. The molecule has 0 aromatic carbocycles. The molecule has 2 rings (SSSR count). The van der Waals surface area contributed by atoms with Crippen LogP contribution >= 0.6 is 0 Å². The van der Waals surface area contributed by atoms with Gasteiger partial charge in [0.1, 0.15) is 6.10 Å². The standard InChI is InChI=1S/C21H33NO2/c1-2-6-17-10-14-20(15-11-17)24-21(23)19-12-8-18(9-13-19)7-4-3-5-16-22/h3,5,17-20H,2,4,6-15H2,1H3. The van der Waals surface area contributed by atoms with Crippen LogP contribution in [-0.2, 0) is 9.53 Å². The van der Waals surface area contributed by atoms with Crippen LogP contribution in [0.2, 0.25) is 0 Å². The molecule has 0 bridgehead atoms. The molecule has 0 amide bonds. The number of rotatable bonds is 7. The van der Waals surface area contributed by atoms with Crippen molar-refractivity contribution < 1.29 is 9.53 Å². The highest BCUT2D eigenvalue weighted by Gasteiger charge is 2.30. The van der Waals surface area contributed by atoms with Crippen LogP contribution in [0, 0.1) is 29.1 Å². The third-order valence-electron chi connectivity index (χ3n) is 5.89. The van der Waals surface area contributed by atoms with E-state index >= 15 is 0 Å². The lowest BCUT2D eigenvalue weighted by Crippen LogP contribution is -2.30. The molecule has 0 heterocycles. The van der Waals surface area contributed by atoms with Gasteiger partial charge in [0.2, 0.25) is 0 Å². The Morgan fingerprint density at radius 1 is 1.04 bits per heavy atom. The van der Waals surface area contributed by atoms with Crippen LogP contribution in [0.3, 0.4) is 0 Å². The van der Waals surface area contributed by atoms with E-state index in [0.29, 0.717) is 5.92 Å². The van der Waals surface area contributed by atoms with Crippen LogP contribution in [0.15, 0.2) is 12.2 Å². The second kappa shape index (κ2) is 10.5. The average Bonchev–Trinajstić information content (AvgIpc) is 2.61. The minimum Gasteiger partial charge on any atom is -0.462 e. The van der Waals surface area contributed by atoms with Crippen molar-refractivity contribution in [1.29, 1.82) is 5.26 Å². The second-order valence-corrected chi connectivity index (χ2v) is 7.69. The summed E-state index contributed by atoms with van der Waals surface area (Å²) >= 11 is 0. The molecule has 2 aliphatic rings. The molecule has 2 aliphatic carbocycles. The molecule has 0 saturated heterocycles. The van der Waals surface area contributed by atoms with Gasteiger partial charge in [-0.1, -0.05) is 25.8 Å². The Bertz CT molecular complexity index is 435. The largest absolute Gasteiger partial charge is 0.462 e. The Kier molecular flexibility index (Phi) is 8.36. The summed E-state index contributed by atoms with van der Waals surface area (Å²) in [4.78, 5) is 12.4. The maximum absolute atomic E-state index is 12.4. The number of hydrogen-bond acceptors (Lipinski definition) is 3. The first-order valence-corrected chi connectivity index (χ1v) is 9.98. The van der Waals surface area contributed by atoms with Crippen LogP contribution < -0.4 is 0 Å². The Hall–Kier alpha value is -1.30. The number of carbonyl (C=O) groups is 1. The van der Waals surface area contributed by atoms with Crippen LogP contribution in [0.4, 0.5) is 0 Å². The molecule has 0 aromatic heterocycles. The van der Waals surface area contributed by atoms with Gasteiger partial charge >= 0.3 is 5.97 Å². The third-order valence-corrected chi connectivity index (χ3v) is 5.89. The molecule has 0 aliphatic heterocycles. The highest BCUT2D eigenvalue weighted by atomic mass is 16.5. The molecule has 3 nitrogen and oxygen atoms in total. The highest BCUT2D eigenvalue weighted by molar-refractivity contribution is 5.72. The fourth-order valence-corrected chi connectivity index (χ4v) is 4.36. The zero-order valence-corrected chi connectivity index (χ0v) is 15.2. The van der Waals surface area contributed by atoms with Crippen molar-refractivity contribution in [2.75, 3.05) is 0 Å². The summed E-state index contributed by atoms with van der Waals surface area (Å²) < 4.78 is 5.82. The third kappa shape index (κ3) is 6.30. The Morgan fingerprint density at radius 2 is 1.67 bits per heavy atom. The van der Waals surface area contributed by atoms with Crippen LogP contribution in [-0.4, -0.2) is 12.1 Å². The monoisotopic (exact) mass is 331 g/mol. The lowest BCUT2D eigenvalue weighted by Gasteiger charge is -2.31. The Labute approximate surface area is 147 Å². The first-order chi connectivity index (χ1) is 11.7. The minimum atomic E-state index is 0.0665. The number of hydrogen-bond donors (Lipinski definition) is 0. The SMILES string of the molecule is CCCC1CCC(OC(=O)C2CCC(CCC=CC#N)CC2)CC1. The molecule has 0 atom stereocenters. The van der Waals surface area contributed by atoms with Gasteiger partial charge in [0.15, 0.2) is 0 Å². The first kappa shape index (κ1) is 19.0. The van der Waals surface area contributed by atoms with Crippen molar-refractivity contribution in [1.82, 2.24) is 0 Å². The Morgan fingerprint density at radius 3 is 2.29 bits per heavy atom. The molecule has 0 N–H and O–H groups in total. The van der Waals surface area contributed by atoms with Crippen molar-refractivity contribution in [2.24, 2.45) is 17.8 Å². The molecule has 0 unspecified atom stereocenters. The zero-order valence-electron chi connectivity index (χ0n) is 15.2. The number of allylic oxidation sites excluding steroid dienone is 2. The molecule has 2 fully saturated rings. The molecule has 0 aromatic rings. The molecule has 3 heteroatoms. The van der Waals surface area contributed by atoms with E-state index in [0.717, 1.165) is 57.3 Å². The summed E-state index contributed by atoms with van der Waals surface area (Å²) in [7, 11) is 0. The normalized spacial score (nSPS) is 30.8. The molecular formula is C21H33NO2. The van der Waals surface area contributed by atoms with Crippen molar-refractivity contribution in [2.45, 2.75) is 90.1 Å². The van der Waals surface area contributed by atoms with Crippen molar-refractivity contribution in [3.63, 3.8) is 0 Å². The van der Waals surface area contributed by atoms with E-state index in [9.17, 15) is 4.79 Å². The van der Waals surface area contributed by atoms with Gasteiger partial charge in [0.05, 0.1) is 12.0 Å². The van der Waals surface area contributed by atoms with Crippen molar-refractivity contribution >= 4 is 5.97 Å². The lowest BCUT2D eigenvalue weighted by molar-refractivity contribution is -0.157. The predicted molar refractivity (Wildman–Crippen MR) is 96.2 cm³/mol. The summed E-state index contributed by atoms with van der Waals surface area (Å²) in [5.74, 6) is 1.76. The van der Waals surface area contributed by atoms with Crippen molar-refractivity contribution in [3.05, 3.63) is 12.2 Å². The summed E-state index contributed by atoms with van der Waals surface area (Å²) in [6, 6.07) is 2.03. The van der Waals surface area contributed by atoms with E-state index in [1.165, 1.54) is 25.7 Å². The maximum atomic E-state index is 12.4. The number of esters is 1. The number of carbonyl (C=O) groups excluding carboxylic acids is 1. The van der Waals surface area contributed by atoms with Gasteiger partial charge in [-0.3, -0.25) is 4.79 Å². The van der Waals surface area contributed by atoms with Crippen LogP contribution in [0.5, 0.6) is 0 Å². The smallest absolute Gasteiger partial charge is 0.309 e. The molecule has 0 radical (unpaired) electrons. The number of ether oxygens (including phenoxy) is 1. The molecule has 2 saturated carbocycles. The van der Waals surface area contributed by atoms with E-state index in [2.05, 4.69) is 6.92 Å². The van der Waals surface area contributed by atoms with E-state index in [1.807, 2.05) is 12.1 Å². The van der Waals surface area contributed by atoms with Crippen molar-refractivity contribution in [3.8, 4) is 6.07 Å². The molecule has 24 heavy (non-hydrogen) atoms. The number of nitriles is 1. The van der Waals surface area contributed by atoms with E-state index in [1.54, 1.807) is 6.08 Å². The van der Waals surface area contributed by atoms with Crippen LogP contribution in [0.25, 0.3) is 0 Å². The summed E-state index contributed by atoms with van der Waals surface area (Å²) in [6.45, 7) is 2.25. The fraction of sp³-hybridized carbons (Fsp3) is 0.810. The van der Waals surface area contributed by atoms with Gasteiger partial charge in [-0.25, -0.2) is 0 Å². The summed E-state index contributed by atoms with van der Waals surface area (Å²) in [5, 5.41) is 8.49. The van der Waals surface area contributed by atoms with Crippen LogP contribution in [0.1, 0.15) is 84.0 Å². The fourth-order valence-electron chi connectivity index (χ4n) is 4.36. The maximum Gasteiger partial charge on any atom is 0.309 e. The van der Waals surface area contributed by atoms with Gasteiger partial charge in [-0.05, 0) is 76.0 Å². The molecule has 0 spiro atoms. The summed E-state index contributed by atoms with van der Waals surface area (Å²) in [5.41, 5.74) is 0. The van der Waals surface area contributed by atoms with E-state index in [4.69, 9.17) is 10.00 Å². The molecular weight excluding hydrogens is 298 g/mol. The topological polar surface area (TPSA) is 50.1 Å². The van der Waals surface area contributed by atoms with E-state index < -0.39 is 0 Å². The van der Waals surface area contributed by atoms with Gasteiger partial charge < -0.3 is 4.74 Å². The highest BCUT2D eigenvalue weighted by Crippen LogP contribution is 2.34. The lowest BCUT2D eigenvalue weighted by atomic mass is 9.80. The molecule has 134 valence electrons. The van der Waals surface area contributed by atoms with Gasteiger partial charge in [0, 0.05) is 6.08 Å². The second-order valence-electron chi connectivity index (χ2n) is 7.69. The Balaban J connectivity index is 1.63. The first-order valence-electron chi connectivity index (χ1n) is 9.98. The van der Waals surface area contributed by atoms with Gasteiger partial charge in [0.25, 0.3) is 0 Å². The number of nitrogens with zero attached hydrogens (tertiary/aromatic N) is 1. The predicted octanol–water partition coefficient (Wildman–Crippen LogP) is 5.55. The quantitative estimate of drug-likeness (QED) is 0.453. The van der Waals surface area contributed by atoms with Gasteiger partial charge in [-0.15, -0.1) is 0 Å².